The Morgan fingerprint density at radius 2 is 1.89 bits per heavy atom. The van der Waals surface area contributed by atoms with Gasteiger partial charge in [0.1, 0.15) is 12.4 Å². The van der Waals surface area contributed by atoms with Gasteiger partial charge >= 0.3 is 0 Å². The van der Waals surface area contributed by atoms with E-state index in [0.29, 0.717) is 6.73 Å². The fourth-order valence-corrected chi connectivity index (χ4v) is 1.93. The van der Waals surface area contributed by atoms with Gasteiger partial charge in [0.2, 0.25) is 0 Å². The standard InChI is InChI=1S/C14H19N2O.ClH/c1-3-15-10-11-16(12-17-4-2)14(15)13-8-6-5-7-9-13;/h5-11H,3-4,12H2,1-2H3;1H/q+1;/p-1. The van der Waals surface area contributed by atoms with Gasteiger partial charge in [-0.15, -0.1) is 0 Å². The quantitative estimate of drug-likeness (QED) is 0.665. The first kappa shape index (κ1) is 14.7. The van der Waals surface area contributed by atoms with Gasteiger partial charge in [-0.1, -0.05) is 18.2 Å². The second-order valence-corrected chi connectivity index (χ2v) is 3.87. The summed E-state index contributed by atoms with van der Waals surface area (Å²) < 4.78 is 9.86. The Hall–Kier alpha value is -1.32. The summed E-state index contributed by atoms with van der Waals surface area (Å²) in [6, 6.07) is 10.4. The Morgan fingerprint density at radius 3 is 2.50 bits per heavy atom. The minimum absolute atomic E-state index is 0. The number of imidazole rings is 1. The van der Waals surface area contributed by atoms with Gasteiger partial charge in [-0.05, 0) is 26.0 Å². The Labute approximate surface area is 114 Å². The van der Waals surface area contributed by atoms with Crippen LogP contribution in [0.4, 0.5) is 0 Å². The van der Waals surface area contributed by atoms with Crippen molar-refractivity contribution < 1.29 is 21.7 Å². The molecule has 0 unspecified atom stereocenters. The number of rotatable bonds is 5. The van der Waals surface area contributed by atoms with Crippen molar-refractivity contribution in [3.8, 4) is 11.4 Å². The van der Waals surface area contributed by atoms with Gasteiger partial charge < -0.3 is 17.1 Å². The molecule has 1 aromatic heterocycles. The van der Waals surface area contributed by atoms with Crippen LogP contribution in [-0.4, -0.2) is 11.2 Å². The molecule has 98 valence electrons. The summed E-state index contributed by atoms with van der Waals surface area (Å²) in [5.74, 6) is 1.20. The van der Waals surface area contributed by atoms with Crippen molar-refractivity contribution in [1.29, 1.82) is 0 Å². The van der Waals surface area contributed by atoms with Crippen LogP contribution in [0.25, 0.3) is 11.4 Å². The third-order valence-electron chi connectivity index (χ3n) is 2.78. The molecule has 0 N–H and O–H groups in total. The Balaban J connectivity index is 0.00000162. The van der Waals surface area contributed by atoms with Gasteiger partial charge in [-0.3, -0.25) is 0 Å². The molecule has 0 bridgehead atoms. The van der Waals surface area contributed by atoms with Crippen LogP contribution < -0.4 is 17.0 Å². The summed E-state index contributed by atoms with van der Waals surface area (Å²) in [4.78, 5) is 0. The molecule has 2 aromatic rings. The molecule has 1 heterocycles. The predicted octanol–water partition coefficient (Wildman–Crippen LogP) is -0.539. The van der Waals surface area contributed by atoms with E-state index in [0.717, 1.165) is 13.2 Å². The molecule has 0 saturated heterocycles. The summed E-state index contributed by atoms with van der Waals surface area (Å²) >= 11 is 0. The Morgan fingerprint density at radius 1 is 1.17 bits per heavy atom. The van der Waals surface area contributed by atoms with Gasteiger partial charge in [0.15, 0.2) is 6.73 Å². The van der Waals surface area contributed by atoms with Gasteiger partial charge in [0, 0.05) is 6.61 Å². The number of ether oxygens (including phenoxy) is 1. The summed E-state index contributed by atoms with van der Waals surface area (Å²) in [6.07, 6.45) is 4.17. The third kappa shape index (κ3) is 3.12. The summed E-state index contributed by atoms with van der Waals surface area (Å²) in [7, 11) is 0. The monoisotopic (exact) mass is 266 g/mol. The molecule has 0 aliphatic carbocycles. The number of benzene rings is 1. The largest absolute Gasteiger partial charge is 1.00 e. The first-order chi connectivity index (χ1) is 8.36. The van der Waals surface area contributed by atoms with Crippen LogP contribution in [0.3, 0.4) is 0 Å². The Kier molecular flexibility index (Phi) is 5.89. The van der Waals surface area contributed by atoms with Gasteiger partial charge in [-0.2, -0.15) is 0 Å². The predicted molar refractivity (Wildman–Crippen MR) is 67.4 cm³/mol. The zero-order valence-corrected chi connectivity index (χ0v) is 11.6. The van der Waals surface area contributed by atoms with E-state index in [-0.39, 0.29) is 12.4 Å². The van der Waals surface area contributed by atoms with E-state index >= 15 is 0 Å². The number of hydrogen-bond donors (Lipinski definition) is 0. The van der Waals surface area contributed by atoms with Crippen molar-refractivity contribution in [3.05, 3.63) is 42.7 Å². The lowest BCUT2D eigenvalue weighted by Crippen LogP contribution is -3.00. The highest BCUT2D eigenvalue weighted by atomic mass is 35.5. The summed E-state index contributed by atoms with van der Waals surface area (Å²) in [5, 5.41) is 0. The minimum Gasteiger partial charge on any atom is -1.00 e. The van der Waals surface area contributed by atoms with E-state index in [9.17, 15) is 0 Å². The molecule has 3 nitrogen and oxygen atoms in total. The average molecular weight is 267 g/mol. The maximum absolute atomic E-state index is 5.49. The van der Waals surface area contributed by atoms with Crippen LogP contribution in [0, 0.1) is 0 Å². The molecule has 1 aromatic carbocycles. The lowest BCUT2D eigenvalue weighted by molar-refractivity contribution is -0.722. The van der Waals surface area contributed by atoms with Gasteiger partial charge in [0.25, 0.3) is 5.82 Å². The van der Waals surface area contributed by atoms with Crippen molar-refractivity contribution in [2.75, 3.05) is 6.61 Å². The van der Waals surface area contributed by atoms with E-state index in [1.165, 1.54) is 11.4 Å². The van der Waals surface area contributed by atoms with E-state index in [4.69, 9.17) is 4.74 Å². The highest BCUT2D eigenvalue weighted by Gasteiger charge is 2.17. The fourth-order valence-electron chi connectivity index (χ4n) is 1.93. The summed E-state index contributed by atoms with van der Waals surface area (Å²) in [5.41, 5.74) is 1.22. The SMILES string of the molecule is CCOC[n+]1ccn(CC)c1-c1ccccc1.[Cl-]. The van der Waals surface area contributed by atoms with E-state index < -0.39 is 0 Å². The van der Waals surface area contributed by atoms with Gasteiger partial charge in [0.05, 0.1) is 12.1 Å². The lowest BCUT2D eigenvalue weighted by atomic mass is 10.2. The Bertz CT molecular complexity index is 468. The first-order valence-corrected chi connectivity index (χ1v) is 6.08. The first-order valence-electron chi connectivity index (χ1n) is 6.08. The molecular weight excluding hydrogens is 248 g/mol. The van der Waals surface area contributed by atoms with Crippen molar-refractivity contribution in [1.82, 2.24) is 4.57 Å². The highest BCUT2D eigenvalue weighted by Crippen LogP contribution is 2.15. The van der Waals surface area contributed by atoms with Crippen molar-refractivity contribution >= 4 is 0 Å². The topological polar surface area (TPSA) is 18.0 Å². The van der Waals surface area contributed by atoms with E-state index in [1.807, 2.05) is 13.0 Å². The molecule has 0 aliphatic rings. The minimum atomic E-state index is 0. The van der Waals surface area contributed by atoms with Crippen LogP contribution in [-0.2, 0) is 18.0 Å². The molecule has 2 rings (SSSR count). The van der Waals surface area contributed by atoms with Crippen molar-refractivity contribution in [2.45, 2.75) is 27.1 Å². The van der Waals surface area contributed by atoms with Gasteiger partial charge in [-0.25, -0.2) is 9.13 Å². The second kappa shape index (κ2) is 7.19. The van der Waals surface area contributed by atoms with Crippen LogP contribution in [0.15, 0.2) is 42.7 Å². The van der Waals surface area contributed by atoms with Crippen LogP contribution in [0.2, 0.25) is 0 Å². The highest BCUT2D eigenvalue weighted by molar-refractivity contribution is 5.52. The zero-order chi connectivity index (χ0) is 12.1. The smallest absolute Gasteiger partial charge is 0.290 e. The molecule has 0 amide bonds. The van der Waals surface area contributed by atoms with E-state index in [1.54, 1.807) is 0 Å². The molecule has 0 radical (unpaired) electrons. The average Bonchev–Trinajstić information content (AvgIpc) is 2.80. The maximum atomic E-state index is 5.49. The molecule has 18 heavy (non-hydrogen) atoms. The normalized spacial score (nSPS) is 10.1. The number of aryl methyl sites for hydroxylation is 1. The fraction of sp³-hybridized carbons (Fsp3) is 0.357. The molecule has 0 spiro atoms. The molecule has 0 fully saturated rings. The number of aromatic nitrogens is 2. The van der Waals surface area contributed by atoms with Crippen molar-refractivity contribution in [2.24, 2.45) is 0 Å². The summed E-state index contributed by atoms with van der Waals surface area (Å²) in [6.45, 7) is 6.46. The molecule has 0 atom stereocenters. The molecule has 0 aliphatic heterocycles. The lowest BCUT2D eigenvalue weighted by Gasteiger charge is -2.04. The van der Waals surface area contributed by atoms with Crippen LogP contribution in [0.5, 0.6) is 0 Å². The van der Waals surface area contributed by atoms with Crippen LogP contribution >= 0.6 is 0 Å². The number of hydrogen-bond acceptors (Lipinski definition) is 1. The number of nitrogens with zero attached hydrogens (tertiary/aromatic N) is 2. The van der Waals surface area contributed by atoms with Crippen molar-refractivity contribution in [3.63, 3.8) is 0 Å². The van der Waals surface area contributed by atoms with Crippen LogP contribution in [0.1, 0.15) is 13.8 Å². The molecule has 4 heteroatoms. The van der Waals surface area contributed by atoms with E-state index in [2.05, 4.69) is 52.7 Å². The maximum Gasteiger partial charge on any atom is 0.290 e. The molecule has 0 saturated carbocycles. The second-order valence-electron chi connectivity index (χ2n) is 3.87. The number of halogens is 1. The zero-order valence-electron chi connectivity index (χ0n) is 10.8. The molecular formula is C14H19ClN2O. The third-order valence-corrected chi connectivity index (χ3v) is 2.78.